The van der Waals surface area contributed by atoms with E-state index in [4.69, 9.17) is 9.52 Å². The lowest BCUT2D eigenvalue weighted by molar-refractivity contribution is 0.0748. The Labute approximate surface area is 94.9 Å². The molecule has 0 saturated heterocycles. The maximum Gasteiger partial charge on any atom is 0.226 e. The molecule has 0 aromatic carbocycles. The average Bonchev–Trinajstić information content (AvgIpc) is 2.73. The van der Waals surface area contributed by atoms with Crippen molar-refractivity contribution in [2.45, 2.75) is 45.3 Å². The Morgan fingerprint density at radius 2 is 2.12 bits per heavy atom. The molecule has 0 aliphatic rings. The number of hydrogen-bond acceptors (Lipinski definition) is 4. The van der Waals surface area contributed by atoms with Crippen LogP contribution in [0.25, 0.3) is 0 Å². The maximum atomic E-state index is 11.4. The van der Waals surface area contributed by atoms with Gasteiger partial charge in [0.15, 0.2) is 5.76 Å². The van der Waals surface area contributed by atoms with E-state index in [1.807, 2.05) is 6.92 Å². The number of furan rings is 1. The first-order chi connectivity index (χ1) is 7.54. The molecule has 0 fully saturated rings. The highest BCUT2D eigenvalue weighted by Gasteiger charge is 2.16. The molecule has 90 valence electrons. The number of ketones is 1. The largest absolute Gasteiger partial charge is 0.458 e. The Balaban J connectivity index is 2.55. The minimum absolute atomic E-state index is 0.177. The number of aliphatic hydroxyl groups excluding tert-OH is 2. The number of Topliss-reactive ketones (excluding diaryl/α,β-unsaturated/α-hetero) is 1. The molecule has 0 aliphatic carbocycles. The molecule has 0 amide bonds. The number of hydrogen-bond donors (Lipinski definition) is 2. The van der Waals surface area contributed by atoms with E-state index in [2.05, 4.69) is 0 Å². The van der Waals surface area contributed by atoms with Crippen LogP contribution in [0.5, 0.6) is 0 Å². The molecule has 4 heteroatoms. The van der Waals surface area contributed by atoms with Crippen LogP contribution in [0.2, 0.25) is 0 Å². The lowest BCUT2D eigenvalue weighted by Gasteiger charge is -2.04. The van der Waals surface area contributed by atoms with Crippen LogP contribution in [0, 0.1) is 0 Å². The van der Waals surface area contributed by atoms with Gasteiger partial charge in [0.1, 0.15) is 11.9 Å². The highest BCUT2D eigenvalue weighted by molar-refractivity contribution is 5.96. The van der Waals surface area contributed by atoms with Crippen molar-refractivity contribution in [3.8, 4) is 0 Å². The minimum Gasteiger partial charge on any atom is -0.458 e. The lowest BCUT2D eigenvalue weighted by Crippen LogP contribution is -2.15. The summed E-state index contributed by atoms with van der Waals surface area (Å²) >= 11 is 0. The summed E-state index contributed by atoms with van der Waals surface area (Å²) in [6, 6.07) is 3.26. The van der Waals surface area contributed by atoms with Crippen LogP contribution in [0.4, 0.5) is 0 Å². The Kier molecular flexibility index (Phi) is 4.71. The first-order valence-corrected chi connectivity index (χ1v) is 5.53. The molecule has 0 radical (unpaired) electrons. The zero-order chi connectivity index (χ0) is 12.1. The second-order valence-corrected chi connectivity index (χ2v) is 3.91. The van der Waals surface area contributed by atoms with Crippen LogP contribution in [-0.4, -0.2) is 28.2 Å². The Morgan fingerprint density at radius 1 is 1.44 bits per heavy atom. The molecule has 0 aliphatic heterocycles. The van der Waals surface area contributed by atoms with Crippen LogP contribution >= 0.6 is 0 Å². The summed E-state index contributed by atoms with van der Waals surface area (Å²) in [5.74, 6) is 0.426. The van der Waals surface area contributed by atoms with E-state index in [1.165, 1.54) is 6.92 Å². The average molecular weight is 226 g/mol. The molecule has 0 spiro atoms. The van der Waals surface area contributed by atoms with Crippen LogP contribution in [-0.2, 0) is 6.42 Å². The number of aryl methyl sites for hydroxylation is 1. The molecular formula is C12H18O4. The summed E-state index contributed by atoms with van der Waals surface area (Å²) < 4.78 is 5.28. The Hall–Kier alpha value is -1.13. The van der Waals surface area contributed by atoms with Gasteiger partial charge in [-0.15, -0.1) is 0 Å². The van der Waals surface area contributed by atoms with Gasteiger partial charge in [-0.2, -0.15) is 0 Å². The van der Waals surface area contributed by atoms with Crippen molar-refractivity contribution in [2.75, 3.05) is 0 Å². The Bertz CT molecular complexity index is 341. The van der Waals surface area contributed by atoms with E-state index in [9.17, 15) is 9.90 Å². The molecular weight excluding hydrogens is 208 g/mol. The molecule has 2 N–H and O–H groups in total. The smallest absolute Gasteiger partial charge is 0.226 e. The van der Waals surface area contributed by atoms with Crippen molar-refractivity contribution in [3.63, 3.8) is 0 Å². The number of carbonyl (C=O) groups excluding carboxylic acids is 1. The summed E-state index contributed by atoms with van der Waals surface area (Å²) in [5.41, 5.74) is 0. The van der Waals surface area contributed by atoms with Gasteiger partial charge in [0.25, 0.3) is 0 Å². The third kappa shape index (κ3) is 3.47. The summed E-state index contributed by atoms with van der Waals surface area (Å²) in [5, 5.41) is 18.5. The zero-order valence-electron chi connectivity index (χ0n) is 9.64. The van der Waals surface area contributed by atoms with Crippen LogP contribution in [0.15, 0.2) is 16.5 Å². The minimum atomic E-state index is -1.04. The summed E-state index contributed by atoms with van der Waals surface area (Å²) in [4.78, 5) is 11.4. The quantitative estimate of drug-likeness (QED) is 0.722. The van der Waals surface area contributed by atoms with Gasteiger partial charge in [-0.25, -0.2) is 0 Å². The van der Waals surface area contributed by atoms with Gasteiger partial charge in [0, 0.05) is 6.42 Å². The van der Waals surface area contributed by atoms with Gasteiger partial charge in [0.2, 0.25) is 5.78 Å². The van der Waals surface area contributed by atoms with Gasteiger partial charge in [0.05, 0.1) is 6.10 Å². The van der Waals surface area contributed by atoms with E-state index in [0.29, 0.717) is 25.0 Å². The van der Waals surface area contributed by atoms with Crippen molar-refractivity contribution < 1.29 is 19.4 Å². The third-order valence-corrected chi connectivity index (χ3v) is 2.48. The van der Waals surface area contributed by atoms with Crippen molar-refractivity contribution in [1.82, 2.24) is 0 Å². The fraction of sp³-hybridized carbons (Fsp3) is 0.583. The Morgan fingerprint density at radius 3 is 2.69 bits per heavy atom. The molecule has 1 heterocycles. The van der Waals surface area contributed by atoms with Gasteiger partial charge >= 0.3 is 0 Å². The summed E-state index contributed by atoms with van der Waals surface area (Å²) in [7, 11) is 0. The SMILES string of the molecule is CCC(O)CCc1ccc(C(=O)C(C)O)o1. The van der Waals surface area contributed by atoms with Gasteiger partial charge in [-0.3, -0.25) is 4.79 Å². The summed E-state index contributed by atoms with van der Waals surface area (Å²) in [6.45, 7) is 3.32. The molecule has 0 saturated carbocycles. The van der Waals surface area contributed by atoms with Crippen molar-refractivity contribution in [2.24, 2.45) is 0 Å². The van der Waals surface area contributed by atoms with E-state index < -0.39 is 11.9 Å². The van der Waals surface area contributed by atoms with Crippen molar-refractivity contribution >= 4 is 5.78 Å². The predicted octanol–water partition coefficient (Wildman–Crippen LogP) is 1.55. The highest BCUT2D eigenvalue weighted by Crippen LogP contribution is 2.13. The first kappa shape index (κ1) is 12.9. The van der Waals surface area contributed by atoms with E-state index in [0.717, 1.165) is 0 Å². The number of aliphatic hydroxyl groups is 2. The van der Waals surface area contributed by atoms with Crippen molar-refractivity contribution in [3.05, 3.63) is 23.7 Å². The second kappa shape index (κ2) is 5.82. The highest BCUT2D eigenvalue weighted by atomic mass is 16.4. The second-order valence-electron chi connectivity index (χ2n) is 3.91. The zero-order valence-corrected chi connectivity index (χ0v) is 9.64. The molecule has 1 aromatic heterocycles. The molecule has 0 bridgehead atoms. The third-order valence-electron chi connectivity index (χ3n) is 2.48. The normalized spacial score (nSPS) is 14.8. The fourth-order valence-electron chi connectivity index (χ4n) is 1.36. The molecule has 4 nitrogen and oxygen atoms in total. The number of carbonyl (C=O) groups is 1. The van der Waals surface area contributed by atoms with Crippen LogP contribution < -0.4 is 0 Å². The monoisotopic (exact) mass is 226 g/mol. The van der Waals surface area contributed by atoms with Crippen LogP contribution in [0.1, 0.15) is 43.0 Å². The van der Waals surface area contributed by atoms with Crippen molar-refractivity contribution in [1.29, 1.82) is 0 Å². The first-order valence-electron chi connectivity index (χ1n) is 5.53. The molecule has 2 atom stereocenters. The predicted molar refractivity (Wildman–Crippen MR) is 59.3 cm³/mol. The van der Waals surface area contributed by atoms with Gasteiger partial charge < -0.3 is 14.6 Å². The van der Waals surface area contributed by atoms with Gasteiger partial charge in [-0.1, -0.05) is 6.92 Å². The molecule has 1 rings (SSSR count). The molecule has 1 aromatic rings. The van der Waals surface area contributed by atoms with Gasteiger partial charge in [-0.05, 0) is 31.9 Å². The summed E-state index contributed by atoms with van der Waals surface area (Å²) in [6.07, 6.45) is 0.551. The standard InChI is InChI=1S/C12H18O4/c1-3-9(14)4-5-10-6-7-11(16-10)12(15)8(2)13/h6-9,13-14H,3-5H2,1-2H3. The molecule has 16 heavy (non-hydrogen) atoms. The van der Waals surface area contributed by atoms with Crippen LogP contribution in [0.3, 0.4) is 0 Å². The molecule has 2 unspecified atom stereocenters. The van der Waals surface area contributed by atoms with E-state index in [1.54, 1.807) is 12.1 Å². The fourth-order valence-corrected chi connectivity index (χ4v) is 1.36. The van der Waals surface area contributed by atoms with E-state index in [-0.39, 0.29) is 11.9 Å². The number of rotatable bonds is 6. The lowest BCUT2D eigenvalue weighted by atomic mass is 10.1. The van der Waals surface area contributed by atoms with E-state index >= 15 is 0 Å². The topological polar surface area (TPSA) is 70.7 Å². The maximum absolute atomic E-state index is 11.4.